The standard InChI is InChI=1S/C31H57O8PSi/c1-22(2)38-40(33,39-23(3)4)28(29(32)37-30(6,7)8)19-24(5)27(21-36-41(13,14)31(9,10)11)35-20-25-15-17-26(34-12)18-16-25/h15-18,22-24,27-28H,19-21H2,1-14H3/t24-,27+,28+/m0/s1. The van der Waals surface area contributed by atoms with Gasteiger partial charge in [-0.3, -0.25) is 9.36 Å². The van der Waals surface area contributed by atoms with Crippen molar-refractivity contribution < 1.29 is 37.0 Å². The Hall–Kier alpha value is -1.22. The van der Waals surface area contributed by atoms with E-state index in [1.165, 1.54) is 0 Å². The molecule has 0 aliphatic rings. The normalized spacial score (nSPS) is 15.6. The molecule has 238 valence electrons. The SMILES string of the molecule is COc1ccc(CO[C@H](CO[Si](C)(C)C(C)(C)C)[C@@H](C)C[C@H](C(=O)OC(C)(C)C)P(=O)(OC(C)C)OC(C)C)cc1. The maximum atomic E-state index is 14.3. The zero-order chi connectivity index (χ0) is 31.8. The number of methoxy groups -OCH3 is 1. The Kier molecular flexibility index (Phi) is 14.3. The van der Waals surface area contributed by atoms with Crippen molar-refractivity contribution in [3.63, 3.8) is 0 Å². The average Bonchev–Trinajstić information content (AvgIpc) is 2.79. The van der Waals surface area contributed by atoms with Crippen LogP contribution in [-0.4, -0.2) is 57.6 Å². The molecule has 0 heterocycles. The van der Waals surface area contributed by atoms with E-state index in [4.69, 9.17) is 27.7 Å². The van der Waals surface area contributed by atoms with Gasteiger partial charge in [0.05, 0.1) is 38.6 Å². The van der Waals surface area contributed by atoms with Crippen molar-refractivity contribution in [2.75, 3.05) is 13.7 Å². The van der Waals surface area contributed by atoms with Crippen molar-refractivity contribution in [1.82, 2.24) is 0 Å². The molecular weight excluding hydrogens is 559 g/mol. The monoisotopic (exact) mass is 616 g/mol. The van der Waals surface area contributed by atoms with Gasteiger partial charge in [0, 0.05) is 0 Å². The highest BCUT2D eigenvalue weighted by atomic mass is 31.2. The summed E-state index contributed by atoms with van der Waals surface area (Å²) in [6, 6.07) is 7.70. The fourth-order valence-corrected chi connectivity index (χ4v) is 7.23. The molecule has 0 N–H and O–H groups in total. The molecule has 0 spiro atoms. The van der Waals surface area contributed by atoms with Crippen molar-refractivity contribution in [2.45, 2.75) is 137 Å². The summed E-state index contributed by atoms with van der Waals surface area (Å²) in [5.74, 6) is -0.0743. The fourth-order valence-electron chi connectivity index (χ4n) is 3.80. The van der Waals surface area contributed by atoms with Gasteiger partial charge in [-0.05, 0) is 96.6 Å². The smallest absolute Gasteiger partial charge is 0.345 e. The van der Waals surface area contributed by atoms with Gasteiger partial charge in [-0.15, -0.1) is 0 Å². The topological polar surface area (TPSA) is 89.5 Å². The largest absolute Gasteiger partial charge is 0.497 e. The van der Waals surface area contributed by atoms with E-state index in [-0.39, 0.29) is 23.5 Å². The molecule has 41 heavy (non-hydrogen) atoms. The molecule has 10 heteroatoms. The Morgan fingerprint density at radius 1 is 0.902 bits per heavy atom. The average molecular weight is 617 g/mol. The Morgan fingerprint density at radius 3 is 1.83 bits per heavy atom. The lowest BCUT2D eigenvalue weighted by Gasteiger charge is -2.38. The summed E-state index contributed by atoms with van der Waals surface area (Å²) in [6.45, 7) is 26.1. The molecule has 0 unspecified atom stereocenters. The second-order valence-electron chi connectivity index (χ2n) is 13.9. The van der Waals surface area contributed by atoms with Crippen LogP contribution in [0.2, 0.25) is 18.1 Å². The van der Waals surface area contributed by atoms with Crippen LogP contribution in [0.5, 0.6) is 5.75 Å². The summed E-state index contributed by atoms with van der Waals surface area (Å²) in [6.07, 6.45) is -1.03. The van der Waals surface area contributed by atoms with Crippen LogP contribution in [0.3, 0.4) is 0 Å². The van der Waals surface area contributed by atoms with Crippen LogP contribution in [0.4, 0.5) is 0 Å². The molecule has 0 radical (unpaired) electrons. The van der Waals surface area contributed by atoms with Crippen LogP contribution in [0, 0.1) is 5.92 Å². The van der Waals surface area contributed by atoms with Gasteiger partial charge in [0.25, 0.3) is 0 Å². The minimum absolute atomic E-state index is 0.0156. The number of esters is 1. The molecule has 1 rings (SSSR count). The predicted molar refractivity (Wildman–Crippen MR) is 168 cm³/mol. The molecule has 0 saturated carbocycles. The third-order valence-electron chi connectivity index (χ3n) is 7.04. The van der Waals surface area contributed by atoms with Crippen LogP contribution in [0.1, 0.15) is 88.1 Å². The number of carbonyl (C=O) groups excluding carboxylic acids is 1. The lowest BCUT2D eigenvalue weighted by atomic mass is 9.98. The first-order valence-electron chi connectivity index (χ1n) is 14.7. The van der Waals surface area contributed by atoms with E-state index >= 15 is 0 Å². The van der Waals surface area contributed by atoms with E-state index in [0.717, 1.165) is 11.3 Å². The van der Waals surface area contributed by atoms with E-state index in [0.29, 0.717) is 13.2 Å². The first-order valence-corrected chi connectivity index (χ1v) is 19.2. The van der Waals surface area contributed by atoms with Gasteiger partial charge in [0.2, 0.25) is 0 Å². The molecule has 0 aromatic heterocycles. The molecule has 1 aromatic rings. The third kappa shape index (κ3) is 12.9. The zero-order valence-corrected chi connectivity index (χ0v) is 29.9. The second-order valence-corrected chi connectivity index (χ2v) is 20.8. The Bertz CT molecular complexity index is 965. The fraction of sp³-hybridized carbons (Fsp3) is 0.774. The van der Waals surface area contributed by atoms with Gasteiger partial charge in [0.1, 0.15) is 11.4 Å². The molecule has 0 aliphatic carbocycles. The lowest BCUT2D eigenvalue weighted by Crippen LogP contribution is -2.44. The van der Waals surface area contributed by atoms with Gasteiger partial charge in [-0.2, -0.15) is 0 Å². The molecule has 0 fully saturated rings. The van der Waals surface area contributed by atoms with E-state index in [1.807, 2.05) is 31.2 Å². The summed E-state index contributed by atoms with van der Waals surface area (Å²) in [5.41, 5.74) is -0.910. The molecule has 3 atom stereocenters. The van der Waals surface area contributed by atoms with Crippen molar-refractivity contribution in [3.05, 3.63) is 29.8 Å². The molecule has 0 saturated heterocycles. The van der Waals surface area contributed by atoms with Gasteiger partial charge >= 0.3 is 13.6 Å². The highest BCUT2D eigenvalue weighted by Crippen LogP contribution is 2.57. The summed E-state index contributed by atoms with van der Waals surface area (Å²) < 4.78 is 50.1. The van der Waals surface area contributed by atoms with E-state index in [1.54, 1.807) is 55.6 Å². The van der Waals surface area contributed by atoms with Crippen molar-refractivity contribution in [2.24, 2.45) is 5.92 Å². The summed E-state index contributed by atoms with van der Waals surface area (Å²) >= 11 is 0. The number of hydrogen-bond donors (Lipinski definition) is 0. The predicted octanol–water partition coefficient (Wildman–Crippen LogP) is 8.38. The number of rotatable bonds is 16. The second kappa shape index (κ2) is 15.5. The van der Waals surface area contributed by atoms with Crippen LogP contribution in [0.25, 0.3) is 0 Å². The molecule has 0 bridgehead atoms. The molecule has 8 nitrogen and oxygen atoms in total. The van der Waals surface area contributed by atoms with Gasteiger partial charge in [0.15, 0.2) is 14.0 Å². The number of hydrogen-bond acceptors (Lipinski definition) is 8. The maximum absolute atomic E-state index is 14.3. The van der Waals surface area contributed by atoms with E-state index in [9.17, 15) is 9.36 Å². The van der Waals surface area contributed by atoms with Crippen LogP contribution in [-0.2, 0) is 38.9 Å². The summed E-state index contributed by atoms with van der Waals surface area (Å²) in [4.78, 5) is 13.6. The van der Waals surface area contributed by atoms with Crippen molar-refractivity contribution in [1.29, 1.82) is 0 Å². The minimum atomic E-state index is -3.92. The van der Waals surface area contributed by atoms with Crippen molar-refractivity contribution >= 4 is 21.9 Å². The highest BCUT2D eigenvalue weighted by molar-refractivity contribution is 7.55. The summed E-state index contributed by atoms with van der Waals surface area (Å²) in [5, 5.41) is 0.0156. The molecule has 0 amide bonds. The van der Waals surface area contributed by atoms with Crippen LogP contribution in [0.15, 0.2) is 24.3 Å². The van der Waals surface area contributed by atoms with Gasteiger partial charge < -0.3 is 27.7 Å². The Balaban J connectivity index is 3.39. The number of benzene rings is 1. The highest BCUT2D eigenvalue weighted by Gasteiger charge is 2.47. The molecule has 0 aliphatic heterocycles. The van der Waals surface area contributed by atoms with Gasteiger partial charge in [-0.1, -0.05) is 39.8 Å². The minimum Gasteiger partial charge on any atom is -0.497 e. The van der Waals surface area contributed by atoms with Crippen molar-refractivity contribution in [3.8, 4) is 5.75 Å². The Morgan fingerprint density at radius 2 is 1.41 bits per heavy atom. The zero-order valence-electron chi connectivity index (χ0n) is 28.0. The molecule has 1 aromatic carbocycles. The van der Waals surface area contributed by atoms with Gasteiger partial charge in [-0.25, -0.2) is 0 Å². The van der Waals surface area contributed by atoms with Crippen LogP contribution >= 0.6 is 7.60 Å². The van der Waals surface area contributed by atoms with Crippen LogP contribution < -0.4 is 4.74 Å². The van der Waals surface area contributed by atoms with E-state index < -0.39 is 45.4 Å². The first-order chi connectivity index (χ1) is 18.6. The molecular formula is C31H57O8PSi. The van der Waals surface area contributed by atoms with E-state index in [2.05, 4.69) is 33.9 Å². The number of carbonyl (C=O) groups is 1. The lowest BCUT2D eigenvalue weighted by molar-refractivity contribution is -0.155. The Labute approximate surface area is 250 Å². The third-order valence-corrected chi connectivity index (χ3v) is 14.2. The quantitative estimate of drug-likeness (QED) is 0.104. The summed E-state index contributed by atoms with van der Waals surface area (Å²) in [7, 11) is -4.39. The number of ether oxygens (including phenoxy) is 3. The first kappa shape index (κ1) is 37.8. The maximum Gasteiger partial charge on any atom is 0.345 e.